The van der Waals surface area contributed by atoms with E-state index in [4.69, 9.17) is 21.1 Å². The van der Waals surface area contributed by atoms with Crippen LogP contribution in [0.1, 0.15) is 13.8 Å². The quantitative estimate of drug-likeness (QED) is 0.713. The summed E-state index contributed by atoms with van der Waals surface area (Å²) >= 11 is 6.01. The van der Waals surface area contributed by atoms with Gasteiger partial charge in [0.25, 0.3) is 0 Å². The Hall–Kier alpha value is -1.07. The second kappa shape index (κ2) is 7.38. The van der Waals surface area contributed by atoms with E-state index in [1.165, 1.54) is 6.33 Å². The largest absolute Gasteiger partial charge is 0.490 e. The topological polar surface area (TPSA) is 47.5 Å². The molecule has 1 rings (SSSR count). The van der Waals surface area contributed by atoms with Gasteiger partial charge >= 0.3 is 0 Å². The zero-order valence-electron chi connectivity index (χ0n) is 11.3. The van der Waals surface area contributed by atoms with E-state index in [-0.39, 0.29) is 0 Å². The lowest BCUT2D eigenvalue weighted by molar-refractivity contribution is 0.204. The summed E-state index contributed by atoms with van der Waals surface area (Å²) in [6, 6.07) is 0. The SMILES string of the molecule is COCCN(CC(C)C)c1ncnc(Cl)c1OC. The summed E-state index contributed by atoms with van der Waals surface area (Å²) in [7, 11) is 3.25. The molecule has 1 heterocycles. The second-order valence-corrected chi connectivity index (χ2v) is 4.71. The Kier molecular flexibility index (Phi) is 6.15. The van der Waals surface area contributed by atoms with E-state index in [0.717, 1.165) is 13.1 Å². The third-order valence-corrected chi connectivity index (χ3v) is 2.67. The van der Waals surface area contributed by atoms with Crippen LogP contribution in [-0.2, 0) is 4.74 Å². The summed E-state index contributed by atoms with van der Waals surface area (Å²) in [5.74, 6) is 1.72. The molecule has 0 saturated carbocycles. The lowest BCUT2D eigenvalue weighted by atomic mass is 10.2. The van der Waals surface area contributed by atoms with Gasteiger partial charge in [-0.2, -0.15) is 0 Å². The lowest BCUT2D eigenvalue weighted by Crippen LogP contribution is -2.32. The normalized spacial score (nSPS) is 10.8. The molecule has 0 aliphatic heterocycles. The molecule has 0 atom stereocenters. The first-order chi connectivity index (χ1) is 8.60. The molecule has 5 nitrogen and oxygen atoms in total. The first-order valence-corrected chi connectivity index (χ1v) is 6.26. The Morgan fingerprint density at radius 3 is 2.61 bits per heavy atom. The molecular weight excluding hydrogens is 254 g/mol. The van der Waals surface area contributed by atoms with E-state index in [2.05, 4.69) is 28.7 Å². The van der Waals surface area contributed by atoms with Crippen LogP contribution in [0.2, 0.25) is 5.15 Å². The van der Waals surface area contributed by atoms with Crippen molar-refractivity contribution in [1.82, 2.24) is 9.97 Å². The smallest absolute Gasteiger partial charge is 0.199 e. The van der Waals surface area contributed by atoms with Gasteiger partial charge in [-0.05, 0) is 5.92 Å². The van der Waals surface area contributed by atoms with Crippen LogP contribution in [0.3, 0.4) is 0 Å². The highest BCUT2D eigenvalue weighted by atomic mass is 35.5. The van der Waals surface area contributed by atoms with E-state index in [1.807, 2.05) is 0 Å². The van der Waals surface area contributed by atoms with Crippen LogP contribution in [0.15, 0.2) is 6.33 Å². The molecule has 0 unspecified atom stereocenters. The second-order valence-electron chi connectivity index (χ2n) is 4.35. The molecule has 6 heteroatoms. The molecule has 1 aromatic rings. The van der Waals surface area contributed by atoms with Gasteiger partial charge < -0.3 is 14.4 Å². The van der Waals surface area contributed by atoms with Crippen molar-refractivity contribution in [3.63, 3.8) is 0 Å². The minimum Gasteiger partial charge on any atom is -0.490 e. The van der Waals surface area contributed by atoms with Crippen molar-refractivity contribution in [2.24, 2.45) is 5.92 Å². The van der Waals surface area contributed by atoms with Crippen molar-refractivity contribution in [3.8, 4) is 5.75 Å². The molecule has 0 radical (unpaired) electrons. The number of anilines is 1. The zero-order valence-corrected chi connectivity index (χ0v) is 12.1. The third-order valence-electron chi connectivity index (χ3n) is 2.40. The average Bonchev–Trinajstić information content (AvgIpc) is 2.33. The van der Waals surface area contributed by atoms with Crippen molar-refractivity contribution < 1.29 is 9.47 Å². The molecule has 0 bridgehead atoms. The van der Waals surface area contributed by atoms with E-state index in [1.54, 1.807) is 14.2 Å². The van der Waals surface area contributed by atoms with Gasteiger partial charge in [0.1, 0.15) is 6.33 Å². The molecule has 0 amide bonds. The van der Waals surface area contributed by atoms with E-state index < -0.39 is 0 Å². The number of hydrogen-bond donors (Lipinski definition) is 0. The highest BCUT2D eigenvalue weighted by Gasteiger charge is 2.17. The van der Waals surface area contributed by atoms with Gasteiger partial charge in [0.15, 0.2) is 16.7 Å². The van der Waals surface area contributed by atoms with Gasteiger partial charge in [-0.25, -0.2) is 9.97 Å². The van der Waals surface area contributed by atoms with Gasteiger partial charge in [0.05, 0.1) is 13.7 Å². The van der Waals surface area contributed by atoms with Crippen LogP contribution < -0.4 is 9.64 Å². The van der Waals surface area contributed by atoms with E-state index >= 15 is 0 Å². The van der Waals surface area contributed by atoms with Gasteiger partial charge in [-0.15, -0.1) is 0 Å². The van der Waals surface area contributed by atoms with Crippen molar-refractivity contribution in [2.75, 3.05) is 38.8 Å². The molecule has 0 aromatic carbocycles. The first kappa shape index (κ1) is 15.0. The van der Waals surface area contributed by atoms with Crippen LogP contribution in [0.4, 0.5) is 5.82 Å². The van der Waals surface area contributed by atoms with Gasteiger partial charge in [-0.3, -0.25) is 0 Å². The molecule has 0 fully saturated rings. The summed E-state index contributed by atoms with van der Waals surface area (Å²) in [6.45, 7) is 6.51. The summed E-state index contributed by atoms with van der Waals surface area (Å²) in [4.78, 5) is 10.3. The average molecular weight is 274 g/mol. The fourth-order valence-corrected chi connectivity index (χ4v) is 1.88. The molecule has 18 heavy (non-hydrogen) atoms. The zero-order chi connectivity index (χ0) is 13.5. The van der Waals surface area contributed by atoms with Crippen molar-refractivity contribution in [1.29, 1.82) is 0 Å². The molecule has 0 aliphatic carbocycles. The predicted molar refractivity (Wildman–Crippen MR) is 72.5 cm³/mol. The van der Waals surface area contributed by atoms with Gasteiger partial charge in [0, 0.05) is 20.2 Å². The van der Waals surface area contributed by atoms with Gasteiger partial charge in [-0.1, -0.05) is 25.4 Å². The molecule has 0 N–H and O–H groups in total. The van der Waals surface area contributed by atoms with Crippen molar-refractivity contribution in [3.05, 3.63) is 11.5 Å². The summed E-state index contributed by atoms with van der Waals surface area (Å²) in [5.41, 5.74) is 0. The number of nitrogens with zero attached hydrogens (tertiary/aromatic N) is 3. The highest BCUT2D eigenvalue weighted by Crippen LogP contribution is 2.31. The Morgan fingerprint density at radius 1 is 1.33 bits per heavy atom. The number of ether oxygens (including phenoxy) is 2. The molecule has 0 aliphatic rings. The maximum atomic E-state index is 6.01. The van der Waals surface area contributed by atoms with Gasteiger partial charge in [0.2, 0.25) is 0 Å². The maximum Gasteiger partial charge on any atom is 0.199 e. The first-order valence-electron chi connectivity index (χ1n) is 5.88. The summed E-state index contributed by atoms with van der Waals surface area (Å²) in [6.07, 6.45) is 1.44. The molecule has 0 spiro atoms. The summed E-state index contributed by atoms with van der Waals surface area (Å²) in [5, 5.41) is 0.327. The monoisotopic (exact) mass is 273 g/mol. The Labute approximate surface area is 113 Å². The Balaban J connectivity index is 2.99. The van der Waals surface area contributed by atoms with E-state index in [9.17, 15) is 0 Å². The van der Waals surface area contributed by atoms with Crippen LogP contribution in [0, 0.1) is 5.92 Å². The fraction of sp³-hybridized carbons (Fsp3) is 0.667. The van der Waals surface area contributed by atoms with E-state index in [0.29, 0.717) is 29.2 Å². The minimum absolute atomic E-state index is 0.327. The molecule has 1 aromatic heterocycles. The predicted octanol–water partition coefficient (Wildman–Crippen LogP) is 2.25. The molecular formula is C12H20ClN3O2. The number of methoxy groups -OCH3 is 2. The number of aromatic nitrogens is 2. The molecule has 0 saturated heterocycles. The highest BCUT2D eigenvalue weighted by molar-refractivity contribution is 6.31. The number of rotatable bonds is 7. The number of halogens is 1. The maximum absolute atomic E-state index is 6.01. The Bertz CT molecular complexity index is 374. The minimum atomic E-state index is 0.327. The van der Waals surface area contributed by atoms with Crippen LogP contribution >= 0.6 is 11.6 Å². The van der Waals surface area contributed by atoms with Crippen molar-refractivity contribution in [2.45, 2.75) is 13.8 Å². The summed E-state index contributed by atoms with van der Waals surface area (Å²) < 4.78 is 10.4. The van der Waals surface area contributed by atoms with Crippen LogP contribution in [0.5, 0.6) is 5.75 Å². The van der Waals surface area contributed by atoms with Crippen molar-refractivity contribution >= 4 is 17.4 Å². The third kappa shape index (κ3) is 3.99. The van der Waals surface area contributed by atoms with Crippen LogP contribution in [-0.4, -0.2) is 43.9 Å². The number of hydrogen-bond acceptors (Lipinski definition) is 5. The molecule has 102 valence electrons. The fourth-order valence-electron chi connectivity index (χ4n) is 1.67. The standard InChI is InChI=1S/C12H20ClN3O2/c1-9(2)7-16(5-6-17-3)12-10(18-4)11(13)14-8-15-12/h8-9H,5-7H2,1-4H3. The van der Waals surface area contributed by atoms with Crippen LogP contribution in [0.25, 0.3) is 0 Å². The lowest BCUT2D eigenvalue weighted by Gasteiger charge is -2.26. The Morgan fingerprint density at radius 2 is 2.06 bits per heavy atom.